The standard InChI is InChI=1S/C23H19Br2NO/c1-23(2)12-20-22(21(27)13-23)18(14-3-7-16(24)8-4-14)11-19(26-20)15-5-9-17(25)10-6-15/h3-11H,12-13H2,1-2H3. The van der Waals surface area contributed by atoms with E-state index < -0.39 is 0 Å². The Morgan fingerprint density at radius 1 is 0.852 bits per heavy atom. The number of rotatable bonds is 2. The molecule has 1 aliphatic rings. The van der Waals surface area contributed by atoms with Gasteiger partial charge in [-0.15, -0.1) is 0 Å². The topological polar surface area (TPSA) is 30.0 Å². The van der Waals surface area contributed by atoms with Crippen molar-refractivity contribution in [2.45, 2.75) is 26.7 Å². The van der Waals surface area contributed by atoms with Gasteiger partial charge >= 0.3 is 0 Å². The predicted octanol–water partition coefficient (Wildman–Crippen LogP) is 7.10. The van der Waals surface area contributed by atoms with Crippen LogP contribution in [0.4, 0.5) is 0 Å². The first-order chi connectivity index (χ1) is 12.8. The summed E-state index contributed by atoms with van der Waals surface area (Å²) in [6.07, 6.45) is 1.37. The number of hydrogen-bond acceptors (Lipinski definition) is 2. The van der Waals surface area contributed by atoms with Crippen LogP contribution < -0.4 is 0 Å². The number of aromatic nitrogens is 1. The second-order valence-corrected chi connectivity index (χ2v) is 9.66. The minimum absolute atomic E-state index is 0.0631. The second kappa shape index (κ2) is 6.99. The van der Waals surface area contributed by atoms with E-state index in [1.165, 1.54) is 0 Å². The number of ketones is 1. The minimum Gasteiger partial charge on any atom is -0.294 e. The van der Waals surface area contributed by atoms with Gasteiger partial charge in [0.15, 0.2) is 5.78 Å². The molecule has 0 aliphatic heterocycles. The Hall–Kier alpha value is -1.78. The van der Waals surface area contributed by atoms with E-state index >= 15 is 0 Å². The smallest absolute Gasteiger partial charge is 0.165 e. The van der Waals surface area contributed by atoms with Crippen molar-refractivity contribution in [3.63, 3.8) is 0 Å². The molecule has 0 saturated carbocycles. The Morgan fingerprint density at radius 2 is 1.41 bits per heavy atom. The molecule has 1 aromatic heterocycles. The maximum Gasteiger partial charge on any atom is 0.165 e. The van der Waals surface area contributed by atoms with Gasteiger partial charge in [-0.1, -0.05) is 70.0 Å². The fourth-order valence-electron chi connectivity index (χ4n) is 3.70. The highest BCUT2D eigenvalue weighted by molar-refractivity contribution is 9.10. The van der Waals surface area contributed by atoms with Crippen molar-refractivity contribution in [1.82, 2.24) is 4.98 Å². The zero-order chi connectivity index (χ0) is 19.2. The molecule has 0 saturated heterocycles. The first kappa shape index (κ1) is 18.6. The van der Waals surface area contributed by atoms with Crippen molar-refractivity contribution < 1.29 is 4.79 Å². The van der Waals surface area contributed by atoms with E-state index in [1.807, 2.05) is 24.3 Å². The van der Waals surface area contributed by atoms with E-state index in [-0.39, 0.29) is 11.2 Å². The maximum absolute atomic E-state index is 13.0. The molecule has 0 radical (unpaired) electrons. The number of pyridine rings is 1. The first-order valence-corrected chi connectivity index (χ1v) is 10.5. The van der Waals surface area contributed by atoms with Gasteiger partial charge in [-0.05, 0) is 53.3 Å². The van der Waals surface area contributed by atoms with Crippen molar-refractivity contribution in [2.24, 2.45) is 5.41 Å². The molecule has 0 unspecified atom stereocenters. The highest BCUT2D eigenvalue weighted by atomic mass is 79.9. The highest BCUT2D eigenvalue weighted by Gasteiger charge is 2.34. The summed E-state index contributed by atoms with van der Waals surface area (Å²) in [5.41, 5.74) is 5.62. The van der Waals surface area contributed by atoms with Crippen LogP contribution in [-0.2, 0) is 6.42 Å². The fraction of sp³-hybridized carbons (Fsp3) is 0.217. The van der Waals surface area contributed by atoms with Crippen LogP contribution in [0, 0.1) is 5.41 Å². The summed E-state index contributed by atoms with van der Waals surface area (Å²) in [5, 5.41) is 0. The van der Waals surface area contributed by atoms with Gasteiger partial charge in [0.1, 0.15) is 0 Å². The van der Waals surface area contributed by atoms with E-state index in [1.54, 1.807) is 0 Å². The normalized spacial score (nSPS) is 15.5. The van der Waals surface area contributed by atoms with Crippen LogP contribution in [0.2, 0.25) is 0 Å². The van der Waals surface area contributed by atoms with Crippen LogP contribution in [0.15, 0.2) is 63.5 Å². The quantitative estimate of drug-likeness (QED) is 0.388. The maximum atomic E-state index is 13.0. The number of carbonyl (C=O) groups is 1. The molecule has 136 valence electrons. The average Bonchev–Trinajstić information content (AvgIpc) is 2.61. The summed E-state index contributed by atoms with van der Waals surface area (Å²) in [6, 6.07) is 18.3. The van der Waals surface area contributed by atoms with Crippen molar-refractivity contribution in [2.75, 3.05) is 0 Å². The number of hydrogen-bond donors (Lipinski definition) is 0. The molecule has 0 amide bonds. The number of benzene rings is 2. The lowest BCUT2D eigenvalue weighted by Gasteiger charge is -2.31. The molecule has 0 spiro atoms. The van der Waals surface area contributed by atoms with Crippen LogP contribution in [0.5, 0.6) is 0 Å². The summed E-state index contributed by atoms with van der Waals surface area (Å²) in [5.74, 6) is 0.189. The lowest BCUT2D eigenvalue weighted by molar-refractivity contribution is 0.0911. The van der Waals surface area contributed by atoms with Crippen molar-refractivity contribution >= 4 is 37.6 Å². The number of Topliss-reactive ketones (excluding diaryl/α,β-unsaturated/α-hetero) is 1. The molecular formula is C23H19Br2NO. The van der Waals surface area contributed by atoms with Crippen LogP contribution >= 0.6 is 31.9 Å². The molecule has 1 heterocycles. The SMILES string of the molecule is CC1(C)CC(=O)c2c(-c3ccc(Br)cc3)cc(-c3ccc(Br)cc3)nc2C1. The van der Waals surface area contributed by atoms with Crippen LogP contribution in [0.3, 0.4) is 0 Å². The second-order valence-electron chi connectivity index (χ2n) is 7.83. The van der Waals surface area contributed by atoms with E-state index in [0.717, 1.165) is 49.0 Å². The minimum atomic E-state index is -0.0631. The van der Waals surface area contributed by atoms with Crippen molar-refractivity contribution in [3.05, 3.63) is 74.8 Å². The van der Waals surface area contributed by atoms with Crippen LogP contribution in [0.1, 0.15) is 36.3 Å². The molecule has 4 rings (SSSR count). The third-order valence-electron chi connectivity index (χ3n) is 4.95. The largest absolute Gasteiger partial charge is 0.294 e. The number of carbonyl (C=O) groups excluding carboxylic acids is 1. The van der Waals surface area contributed by atoms with Gasteiger partial charge in [-0.25, -0.2) is 0 Å². The van der Waals surface area contributed by atoms with Crippen molar-refractivity contribution in [1.29, 1.82) is 0 Å². The average molecular weight is 485 g/mol. The van der Waals surface area contributed by atoms with Gasteiger partial charge in [0.2, 0.25) is 0 Å². The van der Waals surface area contributed by atoms with Crippen LogP contribution in [0.25, 0.3) is 22.4 Å². The third-order valence-corrected chi connectivity index (χ3v) is 6.01. The fourth-order valence-corrected chi connectivity index (χ4v) is 4.23. The molecule has 27 heavy (non-hydrogen) atoms. The molecule has 1 aliphatic carbocycles. The van der Waals surface area contributed by atoms with E-state index in [0.29, 0.717) is 6.42 Å². The molecule has 0 N–H and O–H groups in total. The zero-order valence-corrected chi connectivity index (χ0v) is 18.4. The summed E-state index contributed by atoms with van der Waals surface area (Å²) in [6.45, 7) is 4.28. The number of fused-ring (bicyclic) bond motifs is 1. The van der Waals surface area contributed by atoms with Gasteiger partial charge in [0.05, 0.1) is 11.4 Å². The molecule has 0 fully saturated rings. The molecule has 4 heteroatoms. The van der Waals surface area contributed by atoms with E-state index in [2.05, 4.69) is 76.0 Å². The zero-order valence-electron chi connectivity index (χ0n) is 15.2. The summed E-state index contributed by atoms with van der Waals surface area (Å²) in [7, 11) is 0. The molecule has 2 nitrogen and oxygen atoms in total. The van der Waals surface area contributed by atoms with E-state index in [4.69, 9.17) is 4.98 Å². The Balaban J connectivity index is 1.95. The summed E-state index contributed by atoms with van der Waals surface area (Å²) >= 11 is 6.98. The molecule has 0 atom stereocenters. The van der Waals surface area contributed by atoms with Gasteiger partial charge in [-0.2, -0.15) is 0 Å². The third kappa shape index (κ3) is 3.78. The summed E-state index contributed by atoms with van der Waals surface area (Å²) < 4.78 is 2.06. The molecule has 2 aromatic carbocycles. The van der Waals surface area contributed by atoms with Gasteiger partial charge in [-0.3, -0.25) is 9.78 Å². The summed E-state index contributed by atoms with van der Waals surface area (Å²) in [4.78, 5) is 17.9. The first-order valence-electron chi connectivity index (χ1n) is 8.91. The molecule has 0 bridgehead atoms. The van der Waals surface area contributed by atoms with Gasteiger partial charge in [0.25, 0.3) is 0 Å². The number of nitrogens with zero attached hydrogens (tertiary/aromatic N) is 1. The molecule has 3 aromatic rings. The van der Waals surface area contributed by atoms with Gasteiger partial charge in [0, 0.05) is 26.5 Å². The lowest BCUT2D eigenvalue weighted by atomic mass is 9.74. The monoisotopic (exact) mass is 483 g/mol. The van der Waals surface area contributed by atoms with E-state index in [9.17, 15) is 4.79 Å². The Bertz CT molecular complexity index is 1020. The Kier molecular flexibility index (Phi) is 4.81. The Labute approximate surface area is 176 Å². The number of halogens is 2. The predicted molar refractivity (Wildman–Crippen MR) is 117 cm³/mol. The van der Waals surface area contributed by atoms with Crippen LogP contribution in [-0.4, -0.2) is 10.8 Å². The van der Waals surface area contributed by atoms with Gasteiger partial charge < -0.3 is 0 Å². The Morgan fingerprint density at radius 3 is 2.00 bits per heavy atom. The lowest BCUT2D eigenvalue weighted by Crippen LogP contribution is -2.28. The highest BCUT2D eigenvalue weighted by Crippen LogP contribution is 2.40. The molecular weight excluding hydrogens is 466 g/mol. The van der Waals surface area contributed by atoms with Crippen molar-refractivity contribution in [3.8, 4) is 22.4 Å².